The van der Waals surface area contributed by atoms with Crippen LogP contribution < -0.4 is 10.1 Å². The zero-order chi connectivity index (χ0) is 16.3. The molecule has 0 aliphatic rings. The number of anilines is 1. The summed E-state index contributed by atoms with van der Waals surface area (Å²) in [6, 6.07) is 11.4. The van der Waals surface area contributed by atoms with Crippen molar-refractivity contribution in [3.63, 3.8) is 0 Å². The Bertz CT molecular complexity index is 783. The van der Waals surface area contributed by atoms with Crippen LogP contribution in [0.1, 0.15) is 13.8 Å². The number of para-hydroxylation sites is 1. The molecular weight excluding hydrogens is 314 g/mol. The molecule has 0 aliphatic carbocycles. The molecule has 7 nitrogen and oxygen atoms in total. The average molecular weight is 329 g/mol. The molecule has 0 bridgehead atoms. The van der Waals surface area contributed by atoms with Crippen LogP contribution in [0.3, 0.4) is 0 Å². The molecule has 3 aromatic rings. The summed E-state index contributed by atoms with van der Waals surface area (Å²) in [5.74, 6) is 0.0507. The first-order valence-electron chi connectivity index (χ1n) is 6.92. The second kappa shape index (κ2) is 6.17. The number of aromatic nitrogens is 4. The van der Waals surface area contributed by atoms with Crippen molar-refractivity contribution in [1.82, 2.24) is 20.0 Å². The molecule has 0 fully saturated rings. The molecule has 1 aromatic carbocycles. The summed E-state index contributed by atoms with van der Waals surface area (Å²) in [6.07, 6.45) is 1.78. The molecule has 0 unspecified atom stereocenters. The normalized spacial score (nSPS) is 11.2. The van der Waals surface area contributed by atoms with E-state index in [1.165, 1.54) is 11.3 Å². The first-order chi connectivity index (χ1) is 11.0. The number of hydrogen-bond donors (Lipinski definition) is 1. The maximum Gasteiger partial charge on any atom is 0.269 e. The van der Waals surface area contributed by atoms with E-state index in [-0.39, 0.29) is 5.91 Å². The zero-order valence-corrected chi connectivity index (χ0v) is 13.4. The third-order valence-corrected chi connectivity index (χ3v) is 3.68. The van der Waals surface area contributed by atoms with E-state index < -0.39 is 5.60 Å². The van der Waals surface area contributed by atoms with Crippen LogP contribution in [-0.2, 0) is 4.79 Å². The van der Waals surface area contributed by atoms with Gasteiger partial charge >= 0.3 is 0 Å². The number of carbonyl (C=O) groups excluding carboxylic acids is 1. The fraction of sp³-hybridized carbons (Fsp3) is 0.200. The highest BCUT2D eigenvalue weighted by atomic mass is 32.1. The molecule has 0 aliphatic heterocycles. The molecule has 1 amide bonds. The van der Waals surface area contributed by atoms with Crippen LogP contribution in [0.4, 0.5) is 5.13 Å². The van der Waals surface area contributed by atoms with E-state index >= 15 is 0 Å². The maximum absolute atomic E-state index is 12.3. The van der Waals surface area contributed by atoms with Crippen LogP contribution in [-0.4, -0.2) is 31.5 Å². The number of nitrogens with one attached hydrogen (secondary N) is 1. The Morgan fingerprint density at radius 3 is 2.74 bits per heavy atom. The molecule has 23 heavy (non-hydrogen) atoms. The van der Waals surface area contributed by atoms with Gasteiger partial charge in [-0.3, -0.25) is 10.1 Å². The van der Waals surface area contributed by atoms with Gasteiger partial charge in [-0.1, -0.05) is 29.5 Å². The Morgan fingerprint density at radius 2 is 2.04 bits per heavy atom. The number of carbonyl (C=O) groups is 1. The van der Waals surface area contributed by atoms with Gasteiger partial charge in [-0.25, -0.2) is 4.68 Å². The molecule has 2 aromatic heterocycles. The Balaban J connectivity index is 1.70. The number of ether oxygens (including phenoxy) is 1. The van der Waals surface area contributed by atoms with Crippen LogP contribution in [0.15, 0.2) is 48.1 Å². The summed E-state index contributed by atoms with van der Waals surface area (Å²) in [4.78, 5) is 12.3. The Labute approximate surface area is 136 Å². The third kappa shape index (κ3) is 3.54. The minimum Gasteiger partial charge on any atom is -0.460 e. The van der Waals surface area contributed by atoms with Crippen LogP contribution in [0, 0.1) is 0 Å². The lowest BCUT2D eigenvalue weighted by Gasteiger charge is -2.22. The number of nitrogens with zero attached hydrogens (tertiary/aromatic N) is 4. The van der Waals surface area contributed by atoms with E-state index in [0.29, 0.717) is 11.0 Å². The van der Waals surface area contributed by atoms with Crippen LogP contribution >= 0.6 is 11.3 Å². The van der Waals surface area contributed by atoms with E-state index in [2.05, 4.69) is 20.6 Å². The van der Waals surface area contributed by atoms with E-state index in [9.17, 15) is 4.79 Å². The summed E-state index contributed by atoms with van der Waals surface area (Å²) >= 11 is 1.25. The molecular formula is C15H15N5O2S. The van der Waals surface area contributed by atoms with Crippen LogP contribution in [0.2, 0.25) is 0 Å². The van der Waals surface area contributed by atoms with Crippen LogP contribution in [0.5, 0.6) is 5.88 Å². The minimum atomic E-state index is -1.10. The largest absolute Gasteiger partial charge is 0.460 e. The van der Waals surface area contributed by atoms with E-state index in [4.69, 9.17) is 4.74 Å². The fourth-order valence-electron chi connectivity index (χ4n) is 1.87. The monoisotopic (exact) mass is 329 g/mol. The van der Waals surface area contributed by atoms with E-state index in [0.717, 1.165) is 5.69 Å². The Morgan fingerprint density at radius 1 is 1.26 bits per heavy atom. The van der Waals surface area contributed by atoms with Crippen molar-refractivity contribution in [3.8, 4) is 11.6 Å². The highest BCUT2D eigenvalue weighted by Crippen LogP contribution is 2.20. The molecule has 2 heterocycles. The van der Waals surface area contributed by atoms with Gasteiger partial charge in [0.15, 0.2) is 5.60 Å². The van der Waals surface area contributed by atoms with Gasteiger partial charge in [-0.15, -0.1) is 15.3 Å². The molecule has 0 saturated heterocycles. The lowest BCUT2D eigenvalue weighted by atomic mass is 10.1. The van der Waals surface area contributed by atoms with Gasteiger partial charge in [-0.05, 0) is 26.0 Å². The van der Waals surface area contributed by atoms with Gasteiger partial charge in [0, 0.05) is 12.3 Å². The van der Waals surface area contributed by atoms with Gasteiger partial charge in [0.05, 0.1) is 5.69 Å². The summed E-state index contributed by atoms with van der Waals surface area (Å²) in [5.41, 5.74) is 1.37. The van der Waals surface area contributed by atoms with Crippen molar-refractivity contribution in [2.24, 2.45) is 0 Å². The number of hydrogen-bond acceptors (Lipinski definition) is 6. The highest BCUT2D eigenvalue weighted by Gasteiger charge is 2.31. The quantitative estimate of drug-likeness (QED) is 0.778. The molecule has 0 spiro atoms. The van der Waals surface area contributed by atoms with E-state index in [1.54, 1.807) is 36.3 Å². The summed E-state index contributed by atoms with van der Waals surface area (Å²) < 4.78 is 7.42. The first-order valence-corrected chi connectivity index (χ1v) is 7.80. The number of amides is 1. The fourth-order valence-corrected chi connectivity index (χ4v) is 2.31. The van der Waals surface area contributed by atoms with Crippen molar-refractivity contribution >= 4 is 22.4 Å². The van der Waals surface area contributed by atoms with Gasteiger partial charge in [0.25, 0.3) is 5.91 Å². The average Bonchev–Trinajstić information content (AvgIpc) is 3.19. The SMILES string of the molecule is CC(C)(Oc1ccn(-c2ccccc2)n1)C(=O)Nc1nncs1. The summed E-state index contributed by atoms with van der Waals surface area (Å²) in [7, 11) is 0. The molecule has 8 heteroatoms. The predicted octanol–water partition coefficient (Wildman–Crippen LogP) is 2.52. The molecule has 118 valence electrons. The summed E-state index contributed by atoms with van der Waals surface area (Å²) in [6.45, 7) is 3.34. The topological polar surface area (TPSA) is 81.9 Å². The van der Waals surface area contributed by atoms with Gasteiger partial charge in [-0.2, -0.15) is 0 Å². The molecule has 0 atom stereocenters. The molecule has 0 saturated carbocycles. The number of rotatable bonds is 5. The first kappa shape index (κ1) is 15.2. The van der Waals surface area contributed by atoms with Crippen molar-refractivity contribution in [1.29, 1.82) is 0 Å². The Kier molecular flexibility index (Phi) is 4.07. The predicted molar refractivity (Wildman–Crippen MR) is 86.8 cm³/mol. The second-order valence-corrected chi connectivity index (χ2v) is 6.08. The smallest absolute Gasteiger partial charge is 0.269 e. The standard InChI is InChI=1S/C15H15N5O2S/c1-15(2,13(21)17-14-18-16-10-23-14)22-12-8-9-20(19-12)11-6-4-3-5-7-11/h3-10H,1-2H3,(H,17,18,21). The number of benzene rings is 1. The highest BCUT2D eigenvalue weighted by molar-refractivity contribution is 7.13. The molecule has 3 rings (SSSR count). The Hall–Kier alpha value is -2.74. The molecule has 0 radical (unpaired) electrons. The zero-order valence-electron chi connectivity index (χ0n) is 12.6. The lowest BCUT2D eigenvalue weighted by molar-refractivity contribution is -0.128. The maximum atomic E-state index is 12.3. The second-order valence-electron chi connectivity index (χ2n) is 5.24. The van der Waals surface area contributed by atoms with Gasteiger partial charge in [0.2, 0.25) is 11.0 Å². The minimum absolute atomic E-state index is 0.316. The lowest BCUT2D eigenvalue weighted by Crippen LogP contribution is -2.42. The van der Waals surface area contributed by atoms with Gasteiger partial charge in [0.1, 0.15) is 5.51 Å². The van der Waals surface area contributed by atoms with Gasteiger partial charge < -0.3 is 4.74 Å². The van der Waals surface area contributed by atoms with Crippen molar-refractivity contribution in [3.05, 3.63) is 48.1 Å². The van der Waals surface area contributed by atoms with Crippen LogP contribution in [0.25, 0.3) is 5.69 Å². The van der Waals surface area contributed by atoms with E-state index in [1.807, 2.05) is 30.3 Å². The summed E-state index contributed by atoms with van der Waals surface area (Å²) in [5, 5.41) is 14.9. The third-order valence-electron chi connectivity index (χ3n) is 3.07. The van der Waals surface area contributed by atoms with Crippen molar-refractivity contribution in [2.45, 2.75) is 19.4 Å². The van der Waals surface area contributed by atoms with Crippen molar-refractivity contribution < 1.29 is 9.53 Å². The van der Waals surface area contributed by atoms with Crippen molar-refractivity contribution in [2.75, 3.05) is 5.32 Å². The molecule has 1 N–H and O–H groups in total.